The lowest BCUT2D eigenvalue weighted by Gasteiger charge is -2.61. The lowest BCUT2D eigenvalue weighted by molar-refractivity contribution is -0.176. The van der Waals surface area contributed by atoms with Crippen LogP contribution in [0.5, 0.6) is 0 Å². The molecule has 1 N–H and O–H groups in total. The topological polar surface area (TPSA) is 38.3 Å². The molecule has 0 radical (unpaired) electrons. The number of hydrogen-bond acceptors (Lipinski definition) is 2. The monoisotopic (exact) mass is 291 g/mol. The van der Waals surface area contributed by atoms with E-state index in [1.807, 2.05) is 0 Å². The van der Waals surface area contributed by atoms with Gasteiger partial charge in [-0.25, -0.2) is 0 Å². The summed E-state index contributed by atoms with van der Waals surface area (Å²) in [6, 6.07) is 0.397. The molecular formula is C18H29NO2. The van der Waals surface area contributed by atoms with Crippen LogP contribution >= 0.6 is 0 Å². The van der Waals surface area contributed by atoms with Gasteiger partial charge < -0.3 is 10.1 Å². The van der Waals surface area contributed by atoms with Crippen LogP contribution in [0, 0.1) is 23.2 Å². The first-order chi connectivity index (χ1) is 10.2. The Hall–Kier alpha value is -0.570. The van der Waals surface area contributed by atoms with E-state index < -0.39 is 0 Å². The molecule has 0 aromatic carbocycles. The smallest absolute Gasteiger partial charge is 0.220 e. The van der Waals surface area contributed by atoms with Gasteiger partial charge in [0.1, 0.15) is 0 Å². The molecule has 118 valence electrons. The van der Waals surface area contributed by atoms with Crippen molar-refractivity contribution in [3.05, 3.63) is 0 Å². The van der Waals surface area contributed by atoms with E-state index in [-0.39, 0.29) is 0 Å². The molecule has 2 bridgehead atoms. The number of ether oxygens (including phenoxy) is 1. The number of carbonyl (C=O) groups is 1. The normalized spacial score (nSPS) is 42.6. The molecule has 21 heavy (non-hydrogen) atoms. The fraction of sp³-hybridized carbons (Fsp3) is 0.944. The first kappa shape index (κ1) is 14.0. The van der Waals surface area contributed by atoms with Gasteiger partial charge in [0.05, 0.1) is 6.10 Å². The zero-order valence-corrected chi connectivity index (χ0v) is 13.3. The highest BCUT2D eigenvalue weighted by Crippen LogP contribution is 2.57. The van der Waals surface area contributed by atoms with Crippen LogP contribution in [0.1, 0.15) is 64.7 Å². The van der Waals surface area contributed by atoms with Crippen LogP contribution < -0.4 is 5.32 Å². The Bertz CT molecular complexity index is 417. The van der Waals surface area contributed by atoms with Crippen molar-refractivity contribution in [1.82, 2.24) is 5.32 Å². The minimum atomic E-state index is 0.306. The van der Waals surface area contributed by atoms with E-state index in [2.05, 4.69) is 12.2 Å². The Balaban J connectivity index is 1.29. The molecule has 0 aliphatic heterocycles. The van der Waals surface area contributed by atoms with E-state index in [9.17, 15) is 4.79 Å². The number of rotatable bonds is 5. The average Bonchev–Trinajstić information content (AvgIpc) is 2.97. The van der Waals surface area contributed by atoms with Gasteiger partial charge in [0, 0.05) is 24.5 Å². The maximum atomic E-state index is 12.4. The van der Waals surface area contributed by atoms with Crippen LogP contribution in [0.3, 0.4) is 0 Å². The zero-order chi connectivity index (χ0) is 14.4. The summed E-state index contributed by atoms with van der Waals surface area (Å²) in [6.07, 6.45) is 11.5. The van der Waals surface area contributed by atoms with E-state index in [4.69, 9.17) is 4.74 Å². The van der Waals surface area contributed by atoms with Crippen LogP contribution in [0.2, 0.25) is 0 Å². The number of hydrogen-bond donors (Lipinski definition) is 1. The van der Waals surface area contributed by atoms with E-state index in [1.165, 1.54) is 44.9 Å². The largest absolute Gasteiger partial charge is 0.378 e. The van der Waals surface area contributed by atoms with E-state index in [1.54, 1.807) is 0 Å². The molecule has 0 aromatic heterocycles. The third kappa shape index (κ3) is 2.23. The van der Waals surface area contributed by atoms with Gasteiger partial charge in [-0.3, -0.25) is 4.79 Å². The van der Waals surface area contributed by atoms with Gasteiger partial charge in [-0.05, 0) is 63.2 Å². The van der Waals surface area contributed by atoms with Crippen molar-refractivity contribution in [2.24, 2.45) is 23.2 Å². The molecule has 4 rings (SSSR count). The predicted octanol–water partition coefficient (Wildman–Crippen LogP) is 3.28. The molecule has 1 spiro atoms. The lowest BCUT2D eigenvalue weighted by Crippen LogP contribution is -2.67. The molecule has 4 saturated carbocycles. The summed E-state index contributed by atoms with van der Waals surface area (Å²) in [6.45, 7) is 2.88. The first-order valence-electron chi connectivity index (χ1n) is 9.12. The number of amides is 1. The van der Waals surface area contributed by atoms with Crippen molar-refractivity contribution in [3.8, 4) is 0 Å². The van der Waals surface area contributed by atoms with Crippen LogP contribution in [0.4, 0.5) is 0 Å². The van der Waals surface area contributed by atoms with Crippen molar-refractivity contribution >= 4 is 5.91 Å². The average molecular weight is 291 g/mol. The second-order valence-electron chi connectivity index (χ2n) is 8.03. The molecule has 0 heterocycles. The fourth-order valence-electron chi connectivity index (χ4n) is 5.76. The van der Waals surface area contributed by atoms with Gasteiger partial charge in [0.25, 0.3) is 0 Å². The van der Waals surface area contributed by atoms with Gasteiger partial charge in [0.15, 0.2) is 0 Å². The van der Waals surface area contributed by atoms with Gasteiger partial charge in [-0.1, -0.05) is 12.8 Å². The van der Waals surface area contributed by atoms with Crippen LogP contribution in [-0.4, -0.2) is 24.7 Å². The molecule has 1 amide bonds. The summed E-state index contributed by atoms with van der Waals surface area (Å²) in [5, 5.41) is 3.36. The minimum absolute atomic E-state index is 0.306. The van der Waals surface area contributed by atoms with Crippen LogP contribution in [0.15, 0.2) is 0 Å². The molecule has 4 aliphatic carbocycles. The van der Waals surface area contributed by atoms with Gasteiger partial charge in [-0.2, -0.15) is 0 Å². The molecule has 3 nitrogen and oxygen atoms in total. The highest BCUT2D eigenvalue weighted by Gasteiger charge is 2.59. The maximum Gasteiger partial charge on any atom is 0.220 e. The predicted molar refractivity (Wildman–Crippen MR) is 81.8 cm³/mol. The Kier molecular flexibility index (Phi) is 3.52. The first-order valence-corrected chi connectivity index (χ1v) is 9.12. The van der Waals surface area contributed by atoms with Crippen molar-refractivity contribution in [2.75, 3.05) is 6.61 Å². The zero-order valence-electron chi connectivity index (χ0n) is 13.3. The van der Waals surface area contributed by atoms with Crippen molar-refractivity contribution in [3.63, 3.8) is 0 Å². The van der Waals surface area contributed by atoms with Crippen LogP contribution in [0.25, 0.3) is 0 Å². The standard InChI is InChI=1S/C18H29NO2/c1-2-21-16-11-15(18(16)6-3-7-18)19-17(20)10-14-9-12-4-5-13(14)8-12/h12-16H,2-11H2,1H3,(H,19,20). The van der Waals surface area contributed by atoms with Crippen LogP contribution in [-0.2, 0) is 9.53 Å². The van der Waals surface area contributed by atoms with Gasteiger partial charge in [-0.15, -0.1) is 0 Å². The van der Waals surface area contributed by atoms with E-state index in [0.717, 1.165) is 31.3 Å². The van der Waals surface area contributed by atoms with Gasteiger partial charge in [0.2, 0.25) is 5.91 Å². The fourth-order valence-corrected chi connectivity index (χ4v) is 5.76. The minimum Gasteiger partial charge on any atom is -0.378 e. The highest BCUT2D eigenvalue weighted by molar-refractivity contribution is 5.77. The Morgan fingerprint density at radius 2 is 2.10 bits per heavy atom. The quantitative estimate of drug-likeness (QED) is 0.844. The SMILES string of the molecule is CCOC1CC(NC(=O)CC2CC3CCC2C3)C12CCC2. The molecule has 0 aromatic rings. The van der Waals surface area contributed by atoms with Crippen molar-refractivity contribution in [2.45, 2.75) is 76.9 Å². The van der Waals surface area contributed by atoms with E-state index >= 15 is 0 Å². The third-order valence-electron chi connectivity index (χ3n) is 7.10. The van der Waals surface area contributed by atoms with Crippen molar-refractivity contribution in [1.29, 1.82) is 0 Å². The molecule has 0 saturated heterocycles. The highest BCUT2D eigenvalue weighted by atomic mass is 16.5. The second kappa shape index (κ2) is 5.26. The van der Waals surface area contributed by atoms with Gasteiger partial charge >= 0.3 is 0 Å². The Morgan fingerprint density at radius 3 is 2.67 bits per heavy atom. The molecule has 5 atom stereocenters. The summed E-state index contributed by atoms with van der Waals surface area (Å²) in [5.41, 5.74) is 0.306. The molecule has 3 heteroatoms. The van der Waals surface area contributed by atoms with E-state index in [0.29, 0.717) is 29.4 Å². The summed E-state index contributed by atoms with van der Waals surface area (Å²) in [5.74, 6) is 2.80. The second-order valence-corrected chi connectivity index (χ2v) is 8.03. The summed E-state index contributed by atoms with van der Waals surface area (Å²) < 4.78 is 5.87. The molecule has 5 unspecified atom stereocenters. The maximum absolute atomic E-state index is 12.4. The Morgan fingerprint density at radius 1 is 1.24 bits per heavy atom. The Labute approximate surface area is 128 Å². The summed E-state index contributed by atoms with van der Waals surface area (Å²) in [4.78, 5) is 12.4. The molecular weight excluding hydrogens is 262 g/mol. The summed E-state index contributed by atoms with van der Waals surface area (Å²) >= 11 is 0. The lowest BCUT2D eigenvalue weighted by atomic mass is 9.51. The number of fused-ring (bicyclic) bond motifs is 2. The third-order valence-corrected chi connectivity index (χ3v) is 7.10. The molecule has 4 aliphatic rings. The number of carbonyl (C=O) groups excluding carboxylic acids is 1. The number of nitrogens with one attached hydrogen (secondary N) is 1. The van der Waals surface area contributed by atoms with Crippen molar-refractivity contribution < 1.29 is 9.53 Å². The summed E-state index contributed by atoms with van der Waals surface area (Å²) in [7, 11) is 0. The molecule has 4 fully saturated rings.